The van der Waals surface area contributed by atoms with Gasteiger partial charge < -0.3 is 4.57 Å². The Morgan fingerprint density at radius 3 is 2.45 bits per heavy atom. The molecule has 162 valence electrons. The molecule has 2 aromatic heterocycles. The fourth-order valence-electron chi connectivity index (χ4n) is 3.70. The summed E-state index contributed by atoms with van der Waals surface area (Å²) in [5.74, 6) is -3.00. The van der Waals surface area contributed by atoms with Gasteiger partial charge in [-0.3, -0.25) is 9.78 Å². The number of fused-ring (bicyclic) bond motifs is 1. The minimum atomic E-state index is -3.36. The molecule has 0 saturated heterocycles. The lowest BCUT2D eigenvalue weighted by atomic mass is 9.99. The first-order valence-electron chi connectivity index (χ1n) is 9.91. The van der Waals surface area contributed by atoms with Crippen LogP contribution in [0.2, 0.25) is 0 Å². The van der Waals surface area contributed by atoms with Crippen molar-refractivity contribution in [3.63, 3.8) is 0 Å². The second-order valence-corrected chi connectivity index (χ2v) is 10.0. The van der Waals surface area contributed by atoms with Gasteiger partial charge in [0.15, 0.2) is 9.84 Å². The van der Waals surface area contributed by atoms with Crippen molar-refractivity contribution in [2.24, 2.45) is 5.92 Å². The maximum Gasteiger partial charge on any atom is 0.286 e. The van der Waals surface area contributed by atoms with Gasteiger partial charge in [-0.15, -0.1) is 0 Å². The molecule has 8 heteroatoms. The quantitative estimate of drug-likeness (QED) is 0.553. The lowest BCUT2D eigenvalue weighted by Gasteiger charge is -2.20. The number of rotatable bonds is 6. The van der Waals surface area contributed by atoms with Gasteiger partial charge in [-0.2, -0.15) is 8.78 Å². The number of aromatic nitrogens is 2. The Morgan fingerprint density at radius 1 is 1.19 bits per heavy atom. The first-order valence-corrected chi connectivity index (χ1v) is 11.9. The number of pyridine rings is 2. The predicted octanol–water partition coefficient (Wildman–Crippen LogP) is 4.68. The maximum absolute atomic E-state index is 13.9. The van der Waals surface area contributed by atoms with Gasteiger partial charge in [-0.05, 0) is 30.4 Å². The third-order valence-electron chi connectivity index (χ3n) is 5.41. The van der Waals surface area contributed by atoms with Gasteiger partial charge in [-0.25, -0.2) is 8.42 Å². The molecular formula is C23H22F2N2O3S. The van der Waals surface area contributed by atoms with Crippen LogP contribution in [0.4, 0.5) is 8.78 Å². The first kappa shape index (κ1) is 21.4. The third kappa shape index (κ3) is 4.58. The van der Waals surface area contributed by atoms with E-state index in [1.54, 1.807) is 6.20 Å². The summed E-state index contributed by atoms with van der Waals surface area (Å²) in [6.07, 6.45) is 7.23. The van der Waals surface area contributed by atoms with Gasteiger partial charge in [0.1, 0.15) is 5.69 Å². The summed E-state index contributed by atoms with van der Waals surface area (Å²) in [5, 5.41) is 1.72. The van der Waals surface area contributed by atoms with E-state index in [1.165, 1.54) is 22.9 Å². The van der Waals surface area contributed by atoms with Crippen molar-refractivity contribution < 1.29 is 17.2 Å². The standard InChI is InChI=1S/C23H22F2N2O3S/c1-23(24,25)21-12-17-18(13-26-21)22(28)27(14-19(17)15-6-4-3-5-7-15)20(16-8-9-16)10-11-31(2,29)30/h3-7,10-14,16,20H,8-9H2,1-2H3/b11-10+. The Labute approximate surface area is 179 Å². The number of benzene rings is 1. The molecule has 1 aliphatic rings. The van der Waals surface area contributed by atoms with Crippen molar-refractivity contribution >= 4 is 20.6 Å². The van der Waals surface area contributed by atoms with Crippen LogP contribution in [0.1, 0.15) is 31.5 Å². The summed E-state index contributed by atoms with van der Waals surface area (Å²) in [6, 6.07) is 10.0. The molecule has 0 amide bonds. The molecule has 0 bridgehead atoms. The number of allylic oxidation sites excluding steroid dienone is 1. The topological polar surface area (TPSA) is 69.0 Å². The average molecular weight is 445 g/mol. The SMILES string of the molecule is CC(F)(F)c1cc2c(-c3ccccc3)cn(C(/C=C/S(C)(=O)=O)C3CC3)c(=O)c2cn1. The maximum atomic E-state index is 13.9. The van der Waals surface area contributed by atoms with Crippen LogP contribution in [0.15, 0.2) is 65.1 Å². The molecule has 1 fully saturated rings. The van der Waals surface area contributed by atoms with Crippen molar-refractivity contribution in [3.8, 4) is 11.1 Å². The van der Waals surface area contributed by atoms with Crippen molar-refractivity contribution in [2.45, 2.75) is 31.7 Å². The second-order valence-electron chi connectivity index (χ2n) is 8.11. The third-order valence-corrected chi connectivity index (χ3v) is 6.06. The van der Waals surface area contributed by atoms with E-state index in [9.17, 15) is 22.0 Å². The van der Waals surface area contributed by atoms with E-state index in [1.807, 2.05) is 30.3 Å². The van der Waals surface area contributed by atoms with Crippen molar-refractivity contribution in [2.75, 3.05) is 6.26 Å². The zero-order valence-corrected chi connectivity index (χ0v) is 17.9. The van der Waals surface area contributed by atoms with Crippen LogP contribution in [0.3, 0.4) is 0 Å². The minimum absolute atomic E-state index is 0.143. The monoisotopic (exact) mass is 444 g/mol. The van der Waals surface area contributed by atoms with E-state index < -0.39 is 27.5 Å². The summed E-state index contributed by atoms with van der Waals surface area (Å²) in [5.41, 5.74) is 0.578. The minimum Gasteiger partial charge on any atom is -0.307 e. The Morgan fingerprint density at radius 2 is 1.87 bits per heavy atom. The highest BCUT2D eigenvalue weighted by Gasteiger charge is 2.33. The fourth-order valence-corrected chi connectivity index (χ4v) is 4.15. The number of sulfone groups is 1. The average Bonchev–Trinajstić information content (AvgIpc) is 3.53. The van der Waals surface area contributed by atoms with E-state index in [4.69, 9.17) is 0 Å². The summed E-state index contributed by atoms with van der Waals surface area (Å²) >= 11 is 0. The van der Waals surface area contributed by atoms with Gasteiger partial charge in [0.25, 0.3) is 11.5 Å². The van der Waals surface area contributed by atoms with Crippen molar-refractivity contribution in [1.82, 2.24) is 9.55 Å². The highest BCUT2D eigenvalue weighted by molar-refractivity contribution is 7.93. The van der Waals surface area contributed by atoms with Crippen LogP contribution in [-0.2, 0) is 15.8 Å². The highest BCUT2D eigenvalue weighted by Crippen LogP contribution is 2.41. The van der Waals surface area contributed by atoms with E-state index >= 15 is 0 Å². The number of nitrogens with zero attached hydrogens (tertiary/aromatic N) is 2. The summed E-state index contributed by atoms with van der Waals surface area (Å²) in [4.78, 5) is 17.2. The molecule has 1 aromatic carbocycles. The van der Waals surface area contributed by atoms with Gasteiger partial charge >= 0.3 is 0 Å². The molecule has 1 atom stereocenters. The zero-order valence-electron chi connectivity index (χ0n) is 17.1. The largest absolute Gasteiger partial charge is 0.307 e. The lowest BCUT2D eigenvalue weighted by molar-refractivity contribution is 0.0129. The van der Waals surface area contributed by atoms with Crippen LogP contribution in [0, 0.1) is 5.92 Å². The van der Waals surface area contributed by atoms with Crippen LogP contribution >= 0.6 is 0 Å². The summed E-state index contributed by atoms with van der Waals surface area (Å²) in [7, 11) is -3.36. The smallest absolute Gasteiger partial charge is 0.286 e. The van der Waals surface area contributed by atoms with Gasteiger partial charge in [0.05, 0.1) is 11.4 Å². The molecule has 1 saturated carbocycles. The molecule has 31 heavy (non-hydrogen) atoms. The molecule has 5 nitrogen and oxygen atoms in total. The second kappa shape index (κ2) is 7.67. The van der Waals surface area contributed by atoms with E-state index in [2.05, 4.69) is 4.98 Å². The Kier molecular flexibility index (Phi) is 5.29. The zero-order chi connectivity index (χ0) is 22.4. The van der Waals surface area contributed by atoms with Gasteiger partial charge in [0, 0.05) is 41.9 Å². The molecule has 0 aliphatic heterocycles. The number of alkyl halides is 2. The molecule has 0 spiro atoms. The molecule has 4 rings (SSSR count). The first-order chi connectivity index (χ1) is 14.5. The van der Waals surface area contributed by atoms with Crippen LogP contribution in [0.25, 0.3) is 21.9 Å². The highest BCUT2D eigenvalue weighted by atomic mass is 32.2. The Balaban J connectivity index is 2.01. The number of hydrogen-bond donors (Lipinski definition) is 0. The Hall–Kier alpha value is -2.87. The molecule has 0 N–H and O–H groups in total. The van der Waals surface area contributed by atoms with E-state index in [0.717, 1.165) is 37.0 Å². The van der Waals surface area contributed by atoms with E-state index in [0.29, 0.717) is 10.9 Å². The summed E-state index contributed by atoms with van der Waals surface area (Å²) < 4.78 is 52.7. The van der Waals surface area contributed by atoms with Crippen LogP contribution in [-0.4, -0.2) is 24.2 Å². The van der Waals surface area contributed by atoms with Crippen LogP contribution in [0.5, 0.6) is 0 Å². The van der Waals surface area contributed by atoms with E-state index in [-0.39, 0.29) is 16.9 Å². The predicted molar refractivity (Wildman–Crippen MR) is 117 cm³/mol. The van der Waals surface area contributed by atoms with Gasteiger partial charge in [-0.1, -0.05) is 36.4 Å². The molecule has 3 aromatic rings. The lowest BCUT2D eigenvalue weighted by Crippen LogP contribution is -2.26. The molecule has 1 unspecified atom stereocenters. The summed E-state index contributed by atoms with van der Waals surface area (Å²) in [6.45, 7) is 0.768. The molecule has 0 radical (unpaired) electrons. The van der Waals surface area contributed by atoms with Crippen molar-refractivity contribution in [3.05, 3.63) is 76.3 Å². The normalized spacial score (nSPS) is 16.1. The molecular weight excluding hydrogens is 422 g/mol. The fraction of sp³-hybridized carbons (Fsp3) is 0.304. The Bertz CT molecular complexity index is 1320. The van der Waals surface area contributed by atoms with Crippen LogP contribution < -0.4 is 5.56 Å². The number of halogens is 2. The van der Waals surface area contributed by atoms with Gasteiger partial charge in [0.2, 0.25) is 0 Å². The molecule has 2 heterocycles. The van der Waals surface area contributed by atoms with Crippen molar-refractivity contribution in [1.29, 1.82) is 0 Å². The molecule has 1 aliphatic carbocycles. The number of hydrogen-bond acceptors (Lipinski definition) is 4.